The van der Waals surface area contributed by atoms with Crippen LogP contribution in [-0.4, -0.2) is 9.85 Å². The SMILES string of the molecule is O=[N+]([O-])c1cc(S(=S)(=S)S(=S)(=S)c2ccc(Cl)c([N+](=O)[O-])c2)ccc1Cl. The number of rotatable bonds is 5. The molecule has 6 nitrogen and oxygen atoms in total. The summed E-state index contributed by atoms with van der Waals surface area (Å²) >= 11 is 33.7. The Morgan fingerprint density at radius 1 is 0.731 bits per heavy atom. The maximum Gasteiger partial charge on any atom is 0.289 e. The fraction of sp³-hybridized carbons (Fsp3) is 0. The van der Waals surface area contributed by atoms with E-state index in [-0.39, 0.29) is 31.2 Å². The fourth-order valence-electron chi connectivity index (χ4n) is 1.83. The molecule has 26 heavy (non-hydrogen) atoms. The molecule has 0 aromatic heterocycles. The van der Waals surface area contributed by atoms with E-state index in [1.54, 1.807) is 0 Å². The van der Waals surface area contributed by atoms with Crippen molar-refractivity contribution in [1.29, 1.82) is 0 Å². The largest absolute Gasteiger partial charge is 0.289 e. The Morgan fingerprint density at radius 3 is 1.31 bits per heavy atom. The quantitative estimate of drug-likeness (QED) is 0.338. The van der Waals surface area contributed by atoms with Crippen LogP contribution in [-0.2, 0) is 57.1 Å². The summed E-state index contributed by atoms with van der Waals surface area (Å²) in [6.45, 7) is 0. The zero-order valence-electron chi connectivity index (χ0n) is 12.2. The van der Waals surface area contributed by atoms with Crippen molar-refractivity contribution in [2.45, 2.75) is 9.79 Å². The summed E-state index contributed by atoms with van der Waals surface area (Å²) < 4.78 is 0. The van der Waals surface area contributed by atoms with Crippen molar-refractivity contribution in [2.24, 2.45) is 0 Å². The first-order valence-electron chi connectivity index (χ1n) is 6.27. The molecule has 0 saturated heterocycles. The molecular weight excluding hydrogens is 499 g/mol. The molecule has 0 radical (unpaired) electrons. The summed E-state index contributed by atoms with van der Waals surface area (Å²) in [6, 6.07) is 7.86. The molecule has 138 valence electrons. The van der Waals surface area contributed by atoms with Gasteiger partial charge < -0.3 is 0 Å². The van der Waals surface area contributed by atoms with Crippen molar-refractivity contribution >= 4 is 91.7 Å². The van der Waals surface area contributed by atoms with Gasteiger partial charge in [-0.3, -0.25) is 20.2 Å². The van der Waals surface area contributed by atoms with Crippen LogP contribution in [0.2, 0.25) is 10.0 Å². The van der Waals surface area contributed by atoms with Gasteiger partial charge in [-0.25, -0.2) is 0 Å². The minimum atomic E-state index is -2.77. The first kappa shape index (κ1) is 21.7. The Bertz CT molecular complexity index is 1060. The number of hydrogen-bond donors (Lipinski definition) is 0. The van der Waals surface area contributed by atoms with E-state index in [1.165, 1.54) is 36.4 Å². The number of halogens is 2. The van der Waals surface area contributed by atoms with E-state index in [1.807, 2.05) is 0 Å². The van der Waals surface area contributed by atoms with Gasteiger partial charge >= 0.3 is 0 Å². The fourth-order valence-corrected chi connectivity index (χ4v) is 9.90. The predicted molar refractivity (Wildman–Crippen MR) is 117 cm³/mol. The molecule has 0 unspecified atom stereocenters. The van der Waals surface area contributed by atoms with Crippen LogP contribution in [0.25, 0.3) is 0 Å². The highest BCUT2D eigenvalue weighted by atomic mass is 35.5. The summed E-state index contributed by atoms with van der Waals surface area (Å²) in [6.07, 6.45) is -5.54. The van der Waals surface area contributed by atoms with Crippen molar-refractivity contribution in [1.82, 2.24) is 0 Å². The first-order valence-corrected chi connectivity index (χ1v) is 14.5. The molecule has 0 atom stereocenters. The molecule has 0 saturated carbocycles. The highest BCUT2D eigenvalue weighted by Crippen LogP contribution is 2.35. The molecule has 0 spiro atoms. The molecule has 14 heteroatoms. The Balaban J connectivity index is 2.69. The van der Waals surface area contributed by atoms with E-state index in [2.05, 4.69) is 0 Å². The molecule has 2 rings (SSSR count). The lowest BCUT2D eigenvalue weighted by atomic mass is 10.3. The average Bonchev–Trinajstić information content (AvgIpc) is 2.54. The molecule has 0 N–H and O–H groups in total. The Labute approximate surface area is 176 Å². The molecule has 0 aliphatic rings. The highest BCUT2D eigenvalue weighted by Gasteiger charge is 2.25. The van der Waals surface area contributed by atoms with Crippen LogP contribution in [0.4, 0.5) is 11.4 Å². The lowest BCUT2D eigenvalue weighted by molar-refractivity contribution is -0.385. The van der Waals surface area contributed by atoms with Gasteiger partial charge in [0.25, 0.3) is 11.4 Å². The van der Waals surface area contributed by atoms with E-state index in [4.69, 9.17) is 68.0 Å². The van der Waals surface area contributed by atoms with Crippen LogP contribution in [0.15, 0.2) is 46.2 Å². The number of nitro groups is 2. The monoisotopic (exact) mass is 504 g/mol. The van der Waals surface area contributed by atoms with Gasteiger partial charge in [0.1, 0.15) is 10.0 Å². The van der Waals surface area contributed by atoms with E-state index in [9.17, 15) is 20.2 Å². The molecule has 0 amide bonds. The van der Waals surface area contributed by atoms with Gasteiger partial charge in [-0.1, -0.05) is 23.2 Å². The Kier molecular flexibility index (Phi) is 6.51. The van der Waals surface area contributed by atoms with Crippen molar-refractivity contribution in [3.63, 3.8) is 0 Å². The molecule has 2 aromatic carbocycles. The molecule has 0 heterocycles. The van der Waals surface area contributed by atoms with Crippen molar-refractivity contribution in [3.8, 4) is 0 Å². The minimum absolute atomic E-state index is 0.0737. The summed E-state index contributed by atoms with van der Waals surface area (Å²) in [5.41, 5.74) is -0.726. The molecule has 0 aliphatic carbocycles. The predicted octanol–water partition coefficient (Wildman–Crippen LogP) is 4.30. The van der Waals surface area contributed by atoms with Crippen molar-refractivity contribution in [2.75, 3.05) is 0 Å². The smallest absolute Gasteiger partial charge is 0.258 e. The topological polar surface area (TPSA) is 86.3 Å². The van der Waals surface area contributed by atoms with Gasteiger partial charge in [-0.15, -0.1) is 0 Å². The van der Waals surface area contributed by atoms with Crippen molar-refractivity contribution < 1.29 is 9.85 Å². The maximum absolute atomic E-state index is 11.1. The second-order valence-corrected chi connectivity index (χ2v) is 21.0. The molecule has 0 bridgehead atoms. The van der Waals surface area contributed by atoms with Gasteiger partial charge in [0.15, 0.2) is 0 Å². The number of hydrogen-bond acceptors (Lipinski definition) is 8. The summed E-state index contributed by atoms with van der Waals surface area (Å²) in [7, 11) is 0. The zero-order valence-corrected chi connectivity index (χ0v) is 18.6. The Hall–Kier alpha value is -0.600. The Morgan fingerprint density at radius 2 is 1.04 bits per heavy atom. The van der Waals surface area contributed by atoms with Gasteiger partial charge in [0.2, 0.25) is 0 Å². The zero-order chi connectivity index (χ0) is 19.9. The lowest BCUT2D eigenvalue weighted by Crippen LogP contribution is -2.12. The lowest BCUT2D eigenvalue weighted by Gasteiger charge is -2.18. The van der Waals surface area contributed by atoms with Crippen molar-refractivity contribution in [3.05, 3.63) is 66.7 Å². The van der Waals surface area contributed by atoms with E-state index in [0.717, 1.165) is 0 Å². The van der Waals surface area contributed by atoms with Crippen LogP contribution in [0.5, 0.6) is 0 Å². The average molecular weight is 505 g/mol. The molecule has 2 aromatic rings. The number of nitrogens with zero attached hydrogens (tertiary/aromatic N) is 2. The first-order chi connectivity index (χ1) is 11.9. The highest BCUT2D eigenvalue weighted by molar-refractivity contribution is 9.11. The number of benzene rings is 2. The van der Waals surface area contributed by atoms with Crippen LogP contribution in [0, 0.1) is 20.2 Å². The second-order valence-electron chi connectivity index (χ2n) is 4.65. The van der Waals surface area contributed by atoms with Crippen LogP contribution < -0.4 is 0 Å². The normalized spacial score (nSPS) is 11.9. The van der Waals surface area contributed by atoms with Gasteiger partial charge in [0.05, 0.1) is 9.85 Å². The molecule has 0 fully saturated rings. The van der Waals surface area contributed by atoms with Crippen LogP contribution in [0.3, 0.4) is 0 Å². The maximum atomic E-state index is 11.1. The summed E-state index contributed by atoms with van der Waals surface area (Å²) in [5, 5.41) is 22.1. The van der Waals surface area contributed by atoms with Gasteiger partial charge in [0, 0.05) is 21.9 Å². The van der Waals surface area contributed by atoms with E-state index in [0.29, 0.717) is 0 Å². The third-order valence-corrected chi connectivity index (χ3v) is 21.6. The minimum Gasteiger partial charge on any atom is -0.258 e. The van der Waals surface area contributed by atoms with E-state index < -0.39 is 22.2 Å². The van der Waals surface area contributed by atoms with Gasteiger partial charge in [-0.2, -0.15) is 0 Å². The summed E-state index contributed by atoms with van der Waals surface area (Å²) in [4.78, 5) is 21.4. The molecular formula is C12H6Cl2N2O4S6. The number of nitro benzene ring substituents is 2. The van der Waals surface area contributed by atoms with Crippen LogP contribution >= 0.6 is 23.2 Å². The second kappa shape index (κ2) is 7.80. The summed E-state index contributed by atoms with van der Waals surface area (Å²) in [5.74, 6) is 0. The third-order valence-electron chi connectivity index (χ3n) is 3.09. The standard InChI is InChI=1S/C12H6Cl2N2O4S6/c13-9-3-1-7(5-11(9)15(17)18)25(21,22)26(23,24)8-2-4-10(14)12(6-8)16(19)20/h1-6H. The third kappa shape index (κ3) is 3.97. The van der Waals surface area contributed by atoms with Gasteiger partial charge in [-0.05, 0) is 81.4 Å². The molecule has 0 aliphatic heterocycles. The van der Waals surface area contributed by atoms with Crippen LogP contribution in [0.1, 0.15) is 0 Å². The van der Waals surface area contributed by atoms with E-state index >= 15 is 0 Å².